The zero-order valence-electron chi connectivity index (χ0n) is 21.3. The highest BCUT2D eigenvalue weighted by Crippen LogP contribution is 2.58. The van der Waals surface area contributed by atoms with E-state index in [-0.39, 0.29) is 60.0 Å². The molecule has 9 atom stereocenters. The number of allylic oxidation sites excluding steroid dienone is 3. The maximum absolute atomic E-state index is 12.6. The van der Waals surface area contributed by atoms with E-state index in [1.54, 1.807) is 0 Å². The molecule has 9 unspecified atom stereocenters. The van der Waals surface area contributed by atoms with Crippen molar-refractivity contribution in [2.75, 3.05) is 6.54 Å². The summed E-state index contributed by atoms with van der Waals surface area (Å²) in [7, 11) is 0. The Labute approximate surface area is 203 Å². The van der Waals surface area contributed by atoms with Crippen LogP contribution in [-0.4, -0.2) is 47.9 Å². The number of nitrogens with one attached hydrogen (secondary N) is 1. The maximum Gasteiger partial charge on any atom is 0.258 e. The van der Waals surface area contributed by atoms with Gasteiger partial charge in [-0.2, -0.15) is 0 Å². The number of Topliss-reactive ketones (excluding diaryl/α,β-unsaturated/α-hetero) is 1. The van der Waals surface area contributed by atoms with Gasteiger partial charge in [-0.25, -0.2) is 0 Å². The van der Waals surface area contributed by atoms with E-state index in [0.717, 1.165) is 32.1 Å². The standard InChI is InChI=1S/C27H42N2O5/c1-14-6-7-19-18(10-14)11-15(2)20(12-16(3)33-23-9-8-21(28)17(4)34-23)27(19,5)25(31)24-22(30)13-29-26(24)32/h11,14,16-21,23,31H,6-10,12-13,28H2,1-5H3,(H,29,32). The Morgan fingerprint density at radius 1 is 1.29 bits per heavy atom. The van der Waals surface area contributed by atoms with Crippen molar-refractivity contribution < 1.29 is 24.2 Å². The van der Waals surface area contributed by atoms with E-state index in [0.29, 0.717) is 18.3 Å². The van der Waals surface area contributed by atoms with Crippen molar-refractivity contribution in [1.29, 1.82) is 0 Å². The Balaban J connectivity index is 1.64. The lowest BCUT2D eigenvalue weighted by Gasteiger charge is -2.53. The summed E-state index contributed by atoms with van der Waals surface area (Å²) in [5, 5.41) is 14.2. The summed E-state index contributed by atoms with van der Waals surface area (Å²) in [4.78, 5) is 25.1. The number of carbonyl (C=O) groups is 2. The molecule has 7 nitrogen and oxygen atoms in total. The van der Waals surface area contributed by atoms with Crippen LogP contribution in [0.4, 0.5) is 0 Å². The van der Waals surface area contributed by atoms with E-state index in [9.17, 15) is 14.7 Å². The van der Waals surface area contributed by atoms with Gasteiger partial charge in [-0.3, -0.25) is 9.59 Å². The van der Waals surface area contributed by atoms with Crippen LogP contribution in [0.25, 0.3) is 0 Å². The van der Waals surface area contributed by atoms with E-state index < -0.39 is 11.3 Å². The van der Waals surface area contributed by atoms with E-state index in [1.807, 2.05) is 13.8 Å². The number of fused-ring (bicyclic) bond motifs is 1. The highest BCUT2D eigenvalue weighted by Gasteiger charge is 2.54. The third-order valence-electron chi connectivity index (χ3n) is 9.00. The average Bonchev–Trinajstić information content (AvgIpc) is 3.10. The predicted octanol–water partition coefficient (Wildman–Crippen LogP) is 3.78. The van der Waals surface area contributed by atoms with E-state index in [4.69, 9.17) is 15.2 Å². The smallest absolute Gasteiger partial charge is 0.258 e. The Kier molecular flexibility index (Phi) is 7.28. The molecule has 2 aliphatic heterocycles. The molecule has 190 valence electrons. The molecular weight excluding hydrogens is 432 g/mol. The minimum absolute atomic E-state index is 0.0322. The molecule has 0 spiro atoms. The van der Waals surface area contributed by atoms with Crippen molar-refractivity contribution in [2.45, 2.75) is 97.7 Å². The maximum atomic E-state index is 12.6. The number of aliphatic hydroxyl groups is 1. The average molecular weight is 475 g/mol. The second-order valence-electron chi connectivity index (χ2n) is 11.5. The number of rotatable bonds is 5. The Hall–Kier alpha value is -1.70. The van der Waals surface area contributed by atoms with Crippen LogP contribution in [0.1, 0.15) is 73.1 Å². The van der Waals surface area contributed by atoms with Crippen LogP contribution >= 0.6 is 0 Å². The Bertz CT molecular complexity index is 864. The number of ether oxygens (including phenoxy) is 2. The summed E-state index contributed by atoms with van der Waals surface area (Å²) in [5.41, 5.74) is 6.52. The van der Waals surface area contributed by atoms with Gasteiger partial charge in [-0.05, 0) is 76.5 Å². The lowest BCUT2D eigenvalue weighted by molar-refractivity contribution is -0.215. The zero-order chi connectivity index (χ0) is 24.8. The van der Waals surface area contributed by atoms with E-state index in [1.165, 1.54) is 5.57 Å². The topological polar surface area (TPSA) is 111 Å². The molecular formula is C27H42N2O5. The van der Waals surface area contributed by atoms with Crippen LogP contribution in [0.3, 0.4) is 0 Å². The summed E-state index contributed by atoms with van der Waals surface area (Å²) in [5.74, 6) is 0.261. The number of hydrogen-bond donors (Lipinski definition) is 3. The molecule has 34 heavy (non-hydrogen) atoms. The van der Waals surface area contributed by atoms with Crippen molar-refractivity contribution in [3.8, 4) is 0 Å². The van der Waals surface area contributed by atoms with Gasteiger partial charge in [-0.1, -0.05) is 31.9 Å². The normalized spacial score (nSPS) is 43.1. The number of carbonyl (C=O) groups excluding carboxylic acids is 2. The fraction of sp³-hybridized carbons (Fsp3) is 0.778. The van der Waals surface area contributed by atoms with Gasteiger partial charge in [0.1, 0.15) is 11.3 Å². The van der Waals surface area contributed by atoms with Gasteiger partial charge < -0.3 is 25.6 Å². The first kappa shape index (κ1) is 25.4. The number of aliphatic hydroxyl groups excluding tert-OH is 1. The molecule has 1 saturated carbocycles. The van der Waals surface area contributed by atoms with Gasteiger partial charge in [0.25, 0.3) is 5.91 Å². The van der Waals surface area contributed by atoms with Crippen LogP contribution in [0.15, 0.2) is 23.0 Å². The third-order valence-corrected chi connectivity index (χ3v) is 9.00. The second kappa shape index (κ2) is 9.75. The van der Waals surface area contributed by atoms with Crippen molar-refractivity contribution in [2.24, 2.45) is 34.8 Å². The van der Waals surface area contributed by atoms with Gasteiger partial charge in [0.15, 0.2) is 12.1 Å². The van der Waals surface area contributed by atoms with Crippen LogP contribution < -0.4 is 11.1 Å². The summed E-state index contributed by atoms with van der Waals surface area (Å²) in [6, 6.07) is 0.0336. The van der Waals surface area contributed by atoms with Gasteiger partial charge in [0, 0.05) is 11.5 Å². The summed E-state index contributed by atoms with van der Waals surface area (Å²) >= 11 is 0. The first-order valence-corrected chi connectivity index (χ1v) is 13.0. The van der Waals surface area contributed by atoms with Crippen molar-refractivity contribution in [3.05, 3.63) is 23.0 Å². The molecule has 2 aliphatic carbocycles. The van der Waals surface area contributed by atoms with E-state index >= 15 is 0 Å². The highest BCUT2D eigenvalue weighted by atomic mass is 16.7. The Morgan fingerprint density at radius 3 is 2.68 bits per heavy atom. The molecule has 3 fully saturated rings. The van der Waals surface area contributed by atoms with Crippen molar-refractivity contribution >= 4 is 11.7 Å². The largest absolute Gasteiger partial charge is 0.511 e. The number of amides is 1. The molecule has 0 radical (unpaired) electrons. The summed E-state index contributed by atoms with van der Waals surface area (Å²) in [6.07, 6.45) is 7.34. The van der Waals surface area contributed by atoms with Gasteiger partial charge in [0.05, 0.1) is 18.8 Å². The SMILES string of the molecule is CC1=CC2CC(C)CCC2C(C)(C(O)=C2C(=O)CNC2=O)C1CC(C)OC1CCC(N)C(C)O1. The second-order valence-corrected chi connectivity index (χ2v) is 11.5. The predicted molar refractivity (Wildman–Crippen MR) is 130 cm³/mol. The van der Waals surface area contributed by atoms with Gasteiger partial charge in [-0.15, -0.1) is 0 Å². The summed E-state index contributed by atoms with van der Waals surface area (Å²) in [6.45, 7) is 10.4. The minimum Gasteiger partial charge on any atom is -0.511 e. The quantitative estimate of drug-likeness (QED) is 0.242. The molecule has 0 aromatic rings. The van der Waals surface area contributed by atoms with Crippen molar-refractivity contribution in [3.63, 3.8) is 0 Å². The Morgan fingerprint density at radius 2 is 2.03 bits per heavy atom. The summed E-state index contributed by atoms with van der Waals surface area (Å²) < 4.78 is 12.3. The van der Waals surface area contributed by atoms with Crippen molar-refractivity contribution in [1.82, 2.24) is 5.32 Å². The molecule has 2 saturated heterocycles. The molecule has 0 aromatic carbocycles. The lowest BCUT2D eigenvalue weighted by atomic mass is 9.51. The van der Waals surface area contributed by atoms with Gasteiger partial charge >= 0.3 is 0 Å². The first-order valence-electron chi connectivity index (χ1n) is 13.0. The number of hydrogen-bond acceptors (Lipinski definition) is 6. The third kappa shape index (κ3) is 4.59. The molecule has 4 aliphatic rings. The molecule has 4 N–H and O–H groups in total. The van der Waals surface area contributed by atoms with Crippen LogP contribution in [0.2, 0.25) is 0 Å². The molecule has 4 rings (SSSR count). The highest BCUT2D eigenvalue weighted by molar-refractivity contribution is 6.25. The molecule has 7 heteroatoms. The van der Waals surface area contributed by atoms with Crippen LogP contribution in [0, 0.1) is 29.1 Å². The molecule has 1 amide bonds. The lowest BCUT2D eigenvalue weighted by Crippen LogP contribution is -2.48. The molecule has 0 bridgehead atoms. The van der Waals surface area contributed by atoms with E-state index in [2.05, 4.69) is 32.2 Å². The number of ketones is 1. The van der Waals surface area contributed by atoms with Crippen LogP contribution in [-0.2, 0) is 19.1 Å². The number of nitrogens with two attached hydrogens (primary N) is 1. The monoisotopic (exact) mass is 474 g/mol. The zero-order valence-corrected chi connectivity index (χ0v) is 21.3. The fourth-order valence-corrected chi connectivity index (χ4v) is 7.00. The minimum atomic E-state index is -0.711. The molecule has 2 heterocycles. The first-order chi connectivity index (χ1) is 16.0. The fourth-order valence-electron chi connectivity index (χ4n) is 7.00. The molecule has 0 aromatic heterocycles. The van der Waals surface area contributed by atoms with Crippen LogP contribution in [0.5, 0.6) is 0 Å². The van der Waals surface area contributed by atoms with Gasteiger partial charge in [0.2, 0.25) is 0 Å².